The van der Waals surface area contributed by atoms with Gasteiger partial charge < -0.3 is 14.8 Å². The number of hydrogen-bond acceptors (Lipinski definition) is 5. The molecule has 0 aromatic heterocycles. The molecule has 0 aliphatic heterocycles. The Balaban J connectivity index is 2.16. The van der Waals surface area contributed by atoms with E-state index in [-0.39, 0.29) is 5.69 Å². The molecule has 0 aliphatic carbocycles. The van der Waals surface area contributed by atoms with Gasteiger partial charge in [0.2, 0.25) is 5.91 Å². The number of hydrogen-bond donors (Lipinski definition) is 1. The van der Waals surface area contributed by atoms with Crippen molar-refractivity contribution in [2.45, 2.75) is 6.92 Å². The molecule has 0 saturated carbocycles. The van der Waals surface area contributed by atoms with Gasteiger partial charge in [0.05, 0.1) is 19.1 Å². The smallest absolute Gasteiger partial charge is 0.274 e. The molecular formula is C18H18N2O5. The third kappa shape index (κ3) is 4.57. The van der Waals surface area contributed by atoms with E-state index in [0.29, 0.717) is 28.3 Å². The van der Waals surface area contributed by atoms with Gasteiger partial charge in [-0.05, 0) is 37.3 Å². The summed E-state index contributed by atoms with van der Waals surface area (Å²) in [5.74, 6) is 0.814. The standard InChI is InChI=1S/C18H18N2O5/c1-12-4-6-14(11-16(12)20(22)23)19-18(21)9-5-13-10-15(24-2)7-8-17(13)25-3/h4-11H,1-3H3,(H,19,21)/b9-5+. The minimum absolute atomic E-state index is 0.0451. The highest BCUT2D eigenvalue weighted by atomic mass is 16.6. The van der Waals surface area contributed by atoms with Crippen molar-refractivity contribution in [2.75, 3.05) is 19.5 Å². The number of nitrogens with zero attached hydrogens (tertiary/aromatic N) is 1. The van der Waals surface area contributed by atoms with E-state index < -0.39 is 10.8 Å². The summed E-state index contributed by atoms with van der Waals surface area (Å²) in [6.07, 6.45) is 2.91. The number of aryl methyl sites for hydroxylation is 1. The van der Waals surface area contributed by atoms with E-state index in [1.165, 1.54) is 19.3 Å². The minimum Gasteiger partial charge on any atom is -0.497 e. The number of carbonyl (C=O) groups is 1. The molecule has 0 fully saturated rings. The van der Waals surface area contributed by atoms with Gasteiger partial charge >= 0.3 is 0 Å². The van der Waals surface area contributed by atoms with Crippen LogP contribution in [-0.4, -0.2) is 25.1 Å². The van der Waals surface area contributed by atoms with Gasteiger partial charge in [-0.25, -0.2) is 0 Å². The maximum atomic E-state index is 12.1. The Morgan fingerprint density at radius 1 is 1.16 bits per heavy atom. The molecule has 25 heavy (non-hydrogen) atoms. The SMILES string of the molecule is COc1ccc(OC)c(/C=C/C(=O)Nc2ccc(C)c([N+](=O)[O-])c2)c1. The fourth-order valence-corrected chi connectivity index (χ4v) is 2.20. The van der Waals surface area contributed by atoms with Crippen molar-refractivity contribution in [3.8, 4) is 11.5 Å². The van der Waals surface area contributed by atoms with E-state index >= 15 is 0 Å². The molecule has 0 spiro atoms. The fraction of sp³-hybridized carbons (Fsp3) is 0.167. The van der Waals surface area contributed by atoms with Crippen LogP contribution in [0.5, 0.6) is 11.5 Å². The summed E-state index contributed by atoms with van der Waals surface area (Å²) in [6, 6.07) is 9.75. The molecule has 2 rings (SSSR count). The zero-order chi connectivity index (χ0) is 18.4. The Morgan fingerprint density at radius 3 is 2.56 bits per heavy atom. The van der Waals surface area contributed by atoms with Crippen LogP contribution in [0.1, 0.15) is 11.1 Å². The topological polar surface area (TPSA) is 90.7 Å². The highest BCUT2D eigenvalue weighted by Crippen LogP contribution is 2.25. The third-order valence-corrected chi connectivity index (χ3v) is 3.52. The van der Waals surface area contributed by atoms with Crippen molar-refractivity contribution < 1.29 is 19.2 Å². The lowest BCUT2D eigenvalue weighted by Crippen LogP contribution is -2.08. The Hall–Kier alpha value is -3.35. The molecule has 7 nitrogen and oxygen atoms in total. The first-order chi connectivity index (χ1) is 11.9. The van der Waals surface area contributed by atoms with Gasteiger partial charge in [0.15, 0.2) is 0 Å². The van der Waals surface area contributed by atoms with Gasteiger partial charge in [-0.2, -0.15) is 0 Å². The first-order valence-electron chi connectivity index (χ1n) is 7.40. The van der Waals surface area contributed by atoms with Crippen molar-refractivity contribution in [1.29, 1.82) is 0 Å². The van der Waals surface area contributed by atoms with Gasteiger partial charge in [-0.3, -0.25) is 14.9 Å². The molecule has 0 radical (unpaired) electrons. The third-order valence-electron chi connectivity index (χ3n) is 3.52. The molecule has 130 valence electrons. The molecule has 2 aromatic carbocycles. The van der Waals surface area contributed by atoms with Crippen molar-refractivity contribution in [1.82, 2.24) is 0 Å². The average Bonchev–Trinajstić information content (AvgIpc) is 2.61. The summed E-state index contributed by atoms with van der Waals surface area (Å²) < 4.78 is 10.4. The normalized spacial score (nSPS) is 10.5. The monoisotopic (exact) mass is 342 g/mol. The number of nitro groups is 1. The second kappa shape index (κ2) is 7.96. The molecule has 0 heterocycles. The number of amides is 1. The zero-order valence-electron chi connectivity index (χ0n) is 14.1. The van der Waals surface area contributed by atoms with Crippen molar-refractivity contribution in [3.05, 3.63) is 63.7 Å². The minimum atomic E-state index is -0.484. The fourth-order valence-electron chi connectivity index (χ4n) is 2.20. The van der Waals surface area contributed by atoms with E-state index in [1.54, 1.807) is 50.4 Å². The first-order valence-corrected chi connectivity index (χ1v) is 7.40. The molecule has 7 heteroatoms. The van der Waals surface area contributed by atoms with Gasteiger partial charge in [0, 0.05) is 29.0 Å². The number of benzene rings is 2. The lowest BCUT2D eigenvalue weighted by Gasteiger charge is -2.07. The summed E-state index contributed by atoms with van der Waals surface area (Å²) in [5, 5.41) is 13.6. The molecule has 0 unspecified atom stereocenters. The summed E-state index contributed by atoms with van der Waals surface area (Å²) in [5.41, 5.74) is 1.51. The number of anilines is 1. The average molecular weight is 342 g/mol. The summed E-state index contributed by atoms with van der Waals surface area (Å²) in [4.78, 5) is 22.5. The largest absolute Gasteiger partial charge is 0.497 e. The van der Waals surface area contributed by atoms with Crippen LogP contribution in [0.25, 0.3) is 6.08 Å². The van der Waals surface area contributed by atoms with Crippen molar-refractivity contribution >= 4 is 23.4 Å². The number of methoxy groups -OCH3 is 2. The summed E-state index contributed by atoms with van der Waals surface area (Å²) in [7, 11) is 3.08. The predicted octanol–water partition coefficient (Wildman–Crippen LogP) is 3.57. The highest BCUT2D eigenvalue weighted by Gasteiger charge is 2.11. The van der Waals surface area contributed by atoms with Crippen LogP contribution in [0.2, 0.25) is 0 Å². The molecule has 1 N–H and O–H groups in total. The zero-order valence-corrected chi connectivity index (χ0v) is 14.1. The number of rotatable bonds is 6. The lowest BCUT2D eigenvalue weighted by atomic mass is 10.1. The van der Waals surface area contributed by atoms with E-state index in [2.05, 4.69) is 5.32 Å². The quantitative estimate of drug-likeness (QED) is 0.492. The van der Waals surface area contributed by atoms with Gasteiger partial charge in [-0.15, -0.1) is 0 Å². The van der Waals surface area contributed by atoms with E-state index in [9.17, 15) is 14.9 Å². The van der Waals surface area contributed by atoms with Crippen LogP contribution in [-0.2, 0) is 4.79 Å². The summed E-state index contributed by atoms with van der Waals surface area (Å²) in [6.45, 7) is 1.64. The van der Waals surface area contributed by atoms with Crippen LogP contribution in [0, 0.1) is 17.0 Å². The summed E-state index contributed by atoms with van der Waals surface area (Å²) >= 11 is 0. The maximum absolute atomic E-state index is 12.1. The van der Waals surface area contributed by atoms with Crippen molar-refractivity contribution in [2.24, 2.45) is 0 Å². The second-order valence-corrected chi connectivity index (χ2v) is 5.19. The Kier molecular flexibility index (Phi) is 5.73. The molecule has 1 amide bonds. The van der Waals surface area contributed by atoms with Crippen LogP contribution in [0.15, 0.2) is 42.5 Å². The predicted molar refractivity (Wildman–Crippen MR) is 95.0 cm³/mol. The van der Waals surface area contributed by atoms with Crippen LogP contribution in [0.4, 0.5) is 11.4 Å². The van der Waals surface area contributed by atoms with Gasteiger partial charge in [0.25, 0.3) is 5.69 Å². The molecule has 0 aliphatic rings. The first kappa shape index (κ1) is 18.0. The van der Waals surface area contributed by atoms with E-state index in [0.717, 1.165) is 0 Å². The Morgan fingerprint density at radius 2 is 1.92 bits per heavy atom. The van der Waals surface area contributed by atoms with Gasteiger partial charge in [0.1, 0.15) is 11.5 Å². The van der Waals surface area contributed by atoms with E-state index in [4.69, 9.17) is 9.47 Å². The Labute approximate surface area is 145 Å². The van der Waals surface area contributed by atoms with Gasteiger partial charge in [-0.1, -0.05) is 6.07 Å². The molecule has 0 saturated heterocycles. The van der Waals surface area contributed by atoms with Crippen LogP contribution < -0.4 is 14.8 Å². The number of ether oxygens (including phenoxy) is 2. The highest BCUT2D eigenvalue weighted by molar-refractivity contribution is 6.02. The molecule has 0 atom stereocenters. The molecule has 0 bridgehead atoms. The molecule has 2 aromatic rings. The molecular weight excluding hydrogens is 324 g/mol. The lowest BCUT2D eigenvalue weighted by molar-refractivity contribution is -0.385. The van der Waals surface area contributed by atoms with Crippen LogP contribution in [0.3, 0.4) is 0 Å². The van der Waals surface area contributed by atoms with Crippen molar-refractivity contribution in [3.63, 3.8) is 0 Å². The number of carbonyl (C=O) groups excluding carboxylic acids is 1. The van der Waals surface area contributed by atoms with E-state index in [1.807, 2.05) is 0 Å². The second-order valence-electron chi connectivity index (χ2n) is 5.19. The Bertz CT molecular complexity index is 830. The van der Waals surface area contributed by atoms with Crippen LogP contribution >= 0.6 is 0 Å². The number of nitrogens with one attached hydrogen (secondary N) is 1. The number of nitro benzene ring substituents is 1. The maximum Gasteiger partial charge on any atom is 0.274 e.